The molecular formula is C27H34N4O2S. The smallest absolute Gasteiger partial charge is 0.246 e. The van der Waals surface area contributed by atoms with E-state index in [-0.39, 0.29) is 17.2 Å². The van der Waals surface area contributed by atoms with E-state index >= 15 is 0 Å². The van der Waals surface area contributed by atoms with Gasteiger partial charge in [-0.15, -0.1) is 11.3 Å². The Morgan fingerprint density at radius 2 is 2.12 bits per heavy atom. The van der Waals surface area contributed by atoms with Crippen LogP contribution in [0.5, 0.6) is 0 Å². The van der Waals surface area contributed by atoms with E-state index in [9.17, 15) is 9.59 Å². The van der Waals surface area contributed by atoms with Gasteiger partial charge in [-0.1, -0.05) is 31.6 Å². The number of pyridine rings is 1. The van der Waals surface area contributed by atoms with Gasteiger partial charge in [-0.25, -0.2) is 4.98 Å². The summed E-state index contributed by atoms with van der Waals surface area (Å²) in [5.74, 6) is 0.772. The van der Waals surface area contributed by atoms with Crippen molar-refractivity contribution in [3.05, 3.63) is 63.5 Å². The number of rotatable bonds is 4. The largest absolute Gasteiger partial charge is 0.335 e. The molecule has 2 aromatic heterocycles. The fourth-order valence-electron chi connectivity index (χ4n) is 4.84. The van der Waals surface area contributed by atoms with Crippen molar-refractivity contribution in [2.24, 2.45) is 5.41 Å². The highest BCUT2D eigenvalue weighted by Gasteiger charge is 2.43. The van der Waals surface area contributed by atoms with E-state index in [4.69, 9.17) is 0 Å². The highest BCUT2D eigenvalue weighted by molar-refractivity contribution is 7.09. The lowest BCUT2D eigenvalue weighted by molar-refractivity contribution is -0.127. The number of hydrogen-bond acceptors (Lipinski definition) is 5. The van der Waals surface area contributed by atoms with E-state index in [0.29, 0.717) is 18.8 Å². The normalized spacial score (nSPS) is 19.2. The Hall–Kier alpha value is -2.77. The maximum Gasteiger partial charge on any atom is 0.246 e. The summed E-state index contributed by atoms with van der Waals surface area (Å²) >= 11 is 1.78. The number of nitrogens with zero attached hydrogens (tertiary/aromatic N) is 2. The van der Waals surface area contributed by atoms with E-state index in [1.165, 1.54) is 10.5 Å². The number of fused-ring (bicyclic) bond motifs is 1. The third-order valence-corrected chi connectivity index (χ3v) is 7.68. The van der Waals surface area contributed by atoms with Crippen LogP contribution in [0.4, 0.5) is 5.82 Å². The summed E-state index contributed by atoms with van der Waals surface area (Å²) in [4.78, 5) is 33.1. The number of piperidine rings is 1. The SMILES string of the molecule is CC.O=C(/C=C/c1cnc2c(c1)CC1(CCNCC1)C(=O)N2)N1CC=C(Cc2cccs2)CC1. The molecule has 0 radical (unpaired) electrons. The number of amides is 2. The molecule has 0 saturated carbocycles. The van der Waals surface area contributed by atoms with Gasteiger partial charge < -0.3 is 15.5 Å². The van der Waals surface area contributed by atoms with Gasteiger partial charge in [-0.3, -0.25) is 9.59 Å². The molecule has 7 heteroatoms. The summed E-state index contributed by atoms with van der Waals surface area (Å²) in [5.41, 5.74) is 3.02. The lowest BCUT2D eigenvalue weighted by atomic mass is 9.71. The van der Waals surface area contributed by atoms with Gasteiger partial charge in [0.25, 0.3) is 0 Å². The van der Waals surface area contributed by atoms with Gasteiger partial charge in [0.15, 0.2) is 0 Å². The van der Waals surface area contributed by atoms with Gasteiger partial charge in [-0.05, 0) is 73.5 Å². The van der Waals surface area contributed by atoms with Crippen molar-refractivity contribution in [2.75, 3.05) is 31.5 Å². The van der Waals surface area contributed by atoms with Crippen LogP contribution in [-0.4, -0.2) is 47.9 Å². The Kier molecular flexibility index (Phi) is 7.95. The van der Waals surface area contributed by atoms with Crippen LogP contribution in [0.3, 0.4) is 0 Å². The van der Waals surface area contributed by atoms with Crippen LogP contribution in [0, 0.1) is 5.41 Å². The first-order valence-electron chi connectivity index (χ1n) is 12.3. The molecule has 34 heavy (non-hydrogen) atoms. The van der Waals surface area contributed by atoms with Crippen LogP contribution in [0.2, 0.25) is 0 Å². The molecule has 2 N–H and O–H groups in total. The predicted molar refractivity (Wildman–Crippen MR) is 139 cm³/mol. The number of thiophene rings is 1. The molecule has 0 unspecified atom stereocenters. The maximum atomic E-state index is 12.7. The van der Waals surface area contributed by atoms with Crippen LogP contribution in [0.1, 0.15) is 49.1 Å². The van der Waals surface area contributed by atoms with Crippen molar-refractivity contribution >= 4 is 35.0 Å². The molecule has 0 bridgehead atoms. The zero-order valence-corrected chi connectivity index (χ0v) is 20.9. The van der Waals surface area contributed by atoms with Crippen LogP contribution in [0.25, 0.3) is 6.08 Å². The molecule has 2 amide bonds. The Bertz CT molecular complexity index is 1070. The third kappa shape index (κ3) is 5.47. The molecule has 5 rings (SSSR count). The van der Waals surface area contributed by atoms with Crippen molar-refractivity contribution in [1.82, 2.24) is 15.2 Å². The lowest BCUT2D eigenvalue weighted by Crippen LogP contribution is -2.48. The molecule has 1 spiro atoms. The summed E-state index contributed by atoms with van der Waals surface area (Å²) in [5, 5.41) is 8.44. The lowest BCUT2D eigenvalue weighted by Gasteiger charge is -2.39. The Morgan fingerprint density at radius 1 is 1.29 bits per heavy atom. The molecule has 3 aliphatic heterocycles. The Balaban J connectivity index is 0.00000133. The van der Waals surface area contributed by atoms with E-state index in [1.54, 1.807) is 23.6 Å². The minimum absolute atomic E-state index is 0.0253. The summed E-state index contributed by atoms with van der Waals surface area (Å²) < 4.78 is 0. The Labute approximate surface area is 206 Å². The van der Waals surface area contributed by atoms with Crippen LogP contribution in [-0.2, 0) is 22.4 Å². The van der Waals surface area contributed by atoms with Gasteiger partial charge >= 0.3 is 0 Å². The standard InChI is InChI=1S/C25H28N4O2S.C2H6/c30-22(29-11-5-18(6-12-29)15-21-2-1-13-32-21)4-3-19-14-20-16-25(7-9-26-10-8-25)24(31)28-23(20)27-17-19;1-2/h1-5,13-14,17,26H,6-12,15-16H2,(H,27,28,31);1-2H3/b4-3+;. The number of carbonyl (C=O) groups is 2. The molecular weight excluding hydrogens is 444 g/mol. The Morgan fingerprint density at radius 3 is 2.82 bits per heavy atom. The number of aromatic nitrogens is 1. The quantitative estimate of drug-likeness (QED) is 0.503. The van der Waals surface area contributed by atoms with E-state index in [1.807, 2.05) is 24.8 Å². The van der Waals surface area contributed by atoms with Gasteiger partial charge in [0.05, 0.1) is 5.41 Å². The molecule has 1 saturated heterocycles. The second-order valence-electron chi connectivity index (χ2n) is 8.92. The predicted octanol–water partition coefficient (Wildman–Crippen LogP) is 4.45. The maximum absolute atomic E-state index is 12.7. The molecule has 1 fully saturated rings. The van der Waals surface area contributed by atoms with Gasteiger partial charge in [0.1, 0.15) is 5.82 Å². The molecule has 5 heterocycles. The molecule has 0 atom stereocenters. The van der Waals surface area contributed by atoms with Gasteiger partial charge in [-0.2, -0.15) is 0 Å². The summed E-state index contributed by atoms with van der Waals surface area (Å²) in [6.45, 7) is 7.15. The molecule has 2 aromatic rings. The molecule has 0 aliphatic carbocycles. The van der Waals surface area contributed by atoms with Crippen molar-refractivity contribution in [3.63, 3.8) is 0 Å². The second-order valence-corrected chi connectivity index (χ2v) is 9.96. The van der Waals surface area contributed by atoms with Crippen molar-refractivity contribution in [2.45, 2.75) is 46.0 Å². The average molecular weight is 479 g/mol. The van der Waals surface area contributed by atoms with Crippen molar-refractivity contribution in [1.29, 1.82) is 0 Å². The monoisotopic (exact) mass is 478 g/mol. The molecule has 6 nitrogen and oxygen atoms in total. The summed E-state index contributed by atoms with van der Waals surface area (Å²) in [7, 11) is 0. The minimum atomic E-state index is -0.334. The number of nitrogens with one attached hydrogen (secondary N) is 2. The highest BCUT2D eigenvalue weighted by atomic mass is 32.1. The van der Waals surface area contributed by atoms with Gasteiger partial charge in [0, 0.05) is 36.7 Å². The van der Waals surface area contributed by atoms with E-state index in [2.05, 4.69) is 45.3 Å². The first kappa shape index (κ1) is 24.4. The second kappa shape index (κ2) is 11.1. The average Bonchev–Trinajstić information content (AvgIpc) is 3.39. The minimum Gasteiger partial charge on any atom is -0.335 e. The molecule has 180 valence electrons. The fraction of sp³-hybridized carbons (Fsp3) is 0.444. The first-order chi connectivity index (χ1) is 16.6. The molecule has 0 aromatic carbocycles. The molecule has 3 aliphatic rings. The zero-order chi connectivity index (χ0) is 24.0. The highest BCUT2D eigenvalue weighted by Crippen LogP contribution is 2.39. The van der Waals surface area contributed by atoms with Gasteiger partial charge in [0.2, 0.25) is 11.8 Å². The van der Waals surface area contributed by atoms with Crippen molar-refractivity contribution in [3.8, 4) is 0 Å². The summed E-state index contributed by atoms with van der Waals surface area (Å²) in [6.07, 6.45) is 11.7. The zero-order valence-electron chi connectivity index (χ0n) is 20.1. The number of carbonyl (C=O) groups excluding carboxylic acids is 2. The van der Waals surface area contributed by atoms with E-state index < -0.39 is 0 Å². The van der Waals surface area contributed by atoms with Crippen LogP contribution in [0.15, 0.2) is 47.5 Å². The summed E-state index contributed by atoms with van der Waals surface area (Å²) in [6, 6.07) is 6.31. The topological polar surface area (TPSA) is 74.3 Å². The fourth-order valence-corrected chi connectivity index (χ4v) is 5.60. The first-order valence-corrected chi connectivity index (χ1v) is 13.2. The van der Waals surface area contributed by atoms with Crippen LogP contribution >= 0.6 is 11.3 Å². The number of anilines is 1. The number of hydrogen-bond donors (Lipinski definition) is 2. The van der Waals surface area contributed by atoms with E-state index in [0.717, 1.165) is 56.4 Å². The third-order valence-electron chi connectivity index (χ3n) is 6.81. The van der Waals surface area contributed by atoms with Crippen LogP contribution < -0.4 is 10.6 Å². The van der Waals surface area contributed by atoms with Crippen molar-refractivity contribution < 1.29 is 9.59 Å².